The van der Waals surface area contributed by atoms with Crippen LogP contribution < -0.4 is 5.73 Å². The Morgan fingerprint density at radius 1 is 1.03 bits per heavy atom. The first-order valence-corrected chi connectivity index (χ1v) is 10.3. The van der Waals surface area contributed by atoms with Gasteiger partial charge in [0, 0.05) is 31.2 Å². The summed E-state index contributed by atoms with van der Waals surface area (Å²) in [5.74, 6) is 0.432. The number of amides is 1. The summed E-state index contributed by atoms with van der Waals surface area (Å²) in [7, 11) is 0. The Morgan fingerprint density at radius 2 is 1.77 bits per heavy atom. The minimum Gasteiger partial charge on any atom is -0.397 e. The number of benzene rings is 1. The maximum atomic E-state index is 13.0. The van der Waals surface area contributed by atoms with Crippen molar-refractivity contribution in [3.8, 4) is 0 Å². The largest absolute Gasteiger partial charge is 0.397 e. The predicted molar refractivity (Wildman–Crippen MR) is 121 cm³/mol. The molecule has 2 N–H and O–H groups in total. The van der Waals surface area contributed by atoms with Crippen LogP contribution in [-0.4, -0.2) is 33.9 Å². The number of piperidine rings is 1. The minimum atomic E-state index is 0.0401. The van der Waals surface area contributed by atoms with Crippen molar-refractivity contribution >= 4 is 23.7 Å². The number of nitrogen functional groups attached to an aromatic ring is 1. The SMILES string of the molecule is Cc1ncc(N)cc1C1CCN(C(=O)c2cncc(C=Cc3ccccc3)c2)CC1. The lowest BCUT2D eigenvalue weighted by Gasteiger charge is -2.32. The summed E-state index contributed by atoms with van der Waals surface area (Å²) in [5, 5.41) is 0. The molecule has 152 valence electrons. The zero-order valence-electron chi connectivity index (χ0n) is 17.2. The molecule has 0 aliphatic carbocycles. The van der Waals surface area contributed by atoms with Crippen LogP contribution in [0, 0.1) is 6.92 Å². The van der Waals surface area contributed by atoms with Crippen molar-refractivity contribution in [1.29, 1.82) is 0 Å². The van der Waals surface area contributed by atoms with Crippen LogP contribution in [0.4, 0.5) is 5.69 Å². The van der Waals surface area contributed by atoms with Crippen LogP contribution in [0.2, 0.25) is 0 Å². The zero-order valence-corrected chi connectivity index (χ0v) is 17.2. The number of carbonyl (C=O) groups excluding carboxylic acids is 1. The highest BCUT2D eigenvalue weighted by molar-refractivity contribution is 5.94. The van der Waals surface area contributed by atoms with E-state index < -0.39 is 0 Å². The van der Waals surface area contributed by atoms with E-state index in [-0.39, 0.29) is 5.91 Å². The summed E-state index contributed by atoms with van der Waals surface area (Å²) in [6.07, 6.45) is 11.0. The van der Waals surface area contributed by atoms with Gasteiger partial charge in [0.05, 0.1) is 17.4 Å². The van der Waals surface area contributed by atoms with Crippen LogP contribution in [0.1, 0.15) is 51.5 Å². The van der Waals surface area contributed by atoms with Gasteiger partial charge in [-0.05, 0) is 54.5 Å². The summed E-state index contributed by atoms with van der Waals surface area (Å²) in [6.45, 7) is 3.47. The normalized spacial score (nSPS) is 14.9. The lowest BCUT2D eigenvalue weighted by Crippen LogP contribution is -2.38. The average Bonchev–Trinajstić information content (AvgIpc) is 2.80. The molecule has 0 spiro atoms. The number of rotatable bonds is 4. The highest BCUT2D eigenvalue weighted by atomic mass is 16.2. The number of nitrogens with zero attached hydrogens (tertiary/aromatic N) is 3. The highest BCUT2D eigenvalue weighted by Crippen LogP contribution is 2.31. The number of likely N-dealkylation sites (tertiary alicyclic amines) is 1. The van der Waals surface area contributed by atoms with Gasteiger partial charge in [-0.25, -0.2) is 0 Å². The van der Waals surface area contributed by atoms with Gasteiger partial charge in [-0.2, -0.15) is 0 Å². The fourth-order valence-electron chi connectivity index (χ4n) is 3.98. The standard InChI is InChI=1S/C25H26N4O/c1-18-24(14-23(26)17-28-18)21-9-11-29(12-10-21)25(30)22-13-20(15-27-16-22)8-7-19-5-3-2-4-6-19/h2-8,13-17,21H,9-12,26H2,1H3. The monoisotopic (exact) mass is 398 g/mol. The van der Waals surface area contributed by atoms with Crippen molar-refractivity contribution in [3.63, 3.8) is 0 Å². The van der Waals surface area contributed by atoms with Crippen molar-refractivity contribution in [2.75, 3.05) is 18.8 Å². The molecule has 2 aromatic heterocycles. The fraction of sp³-hybridized carbons (Fsp3) is 0.240. The van der Waals surface area contributed by atoms with Crippen molar-refractivity contribution < 1.29 is 4.79 Å². The smallest absolute Gasteiger partial charge is 0.255 e. The van der Waals surface area contributed by atoms with E-state index in [1.165, 1.54) is 5.56 Å². The molecule has 0 saturated carbocycles. The van der Waals surface area contributed by atoms with Crippen LogP contribution in [0.3, 0.4) is 0 Å². The molecule has 1 saturated heterocycles. The Bertz CT molecular complexity index is 1050. The van der Waals surface area contributed by atoms with Crippen molar-refractivity contribution in [1.82, 2.24) is 14.9 Å². The molecule has 1 aromatic carbocycles. The first kappa shape index (κ1) is 19.8. The lowest BCUT2D eigenvalue weighted by atomic mass is 9.88. The molecule has 5 heteroatoms. The number of nitrogens with two attached hydrogens (primary N) is 1. The summed E-state index contributed by atoms with van der Waals surface area (Å²) < 4.78 is 0. The van der Waals surface area contributed by atoms with E-state index in [9.17, 15) is 4.79 Å². The van der Waals surface area contributed by atoms with E-state index in [0.717, 1.165) is 42.8 Å². The van der Waals surface area contributed by atoms with Crippen molar-refractivity contribution in [2.45, 2.75) is 25.7 Å². The molecular formula is C25H26N4O. The molecule has 1 amide bonds. The van der Waals surface area contributed by atoms with Gasteiger partial charge >= 0.3 is 0 Å². The molecule has 4 rings (SSSR count). The molecule has 5 nitrogen and oxygen atoms in total. The Balaban J connectivity index is 1.42. The zero-order chi connectivity index (χ0) is 20.9. The molecule has 0 radical (unpaired) electrons. The van der Waals surface area contributed by atoms with E-state index in [0.29, 0.717) is 17.2 Å². The minimum absolute atomic E-state index is 0.0401. The lowest BCUT2D eigenvalue weighted by molar-refractivity contribution is 0.0712. The summed E-state index contributed by atoms with van der Waals surface area (Å²) in [4.78, 5) is 23.6. The van der Waals surface area contributed by atoms with E-state index in [2.05, 4.69) is 9.97 Å². The van der Waals surface area contributed by atoms with Crippen LogP contribution >= 0.6 is 0 Å². The van der Waals surface area contributed by atoms with E-state index in [4.69, 9.17) is 5.73 Å². The number of hydrogen-bond acceptors (Lipinski definition) is 4. The van der Waals surface area contributed by atoms with Gasteiger partial charge in [0.2, 0.25) is 0 Å². The van der Waals surface area contributed by atoms with Gasteiger partial charge in [-0.3, -0.25) is 14.8 Å². The molecule has 0 atom stereocenters. The van der Waals surface area contributed by atoms with Gasteiger partial charge in [0.15, 0.2) is 0 Å². The number of aromatic nitrogens is 2. The quantitative estimate of drug-likeness (QED) is 0.699. The Kier molecular flexibility index (Phi) is 5.89. The van der Waals surface area contributed by atoms with Gasteiger partial charge < -0.3 is 10.6 Å². The fourth-order valence-corrected chi connectivity index (χ4v) is 3.98. The Hall–Kier alpha value is -3.47. The summed E-state index contributed by atoms with van der Waals surface area (Å²) >= 11 is 0. The van der Waals surface area contributed by atoms with Gasteiger partial charge in [-0.15, -0.1) is 0 Å². The Morgan fingerprint density at radius 3 is 2.53 bits per heavy atom. The van der Waals surface area contributed by atoms with Crippen molar-refractivity contribution in [3.05, 3.63) is 89.0 Å². The summed E-state index contributed by atoms with van der Waals surface area (Å²) in [5.41, 5.74) is 11.5. The maximum absolute atomic E-state index is 13.0. The molecule has 0 bridgehead atoms. The second kappa shape index (κ2) is 8.91. The number of pyridine rings is 2. The van der Waals surface area contributed by atoms with Gasteiger partial charge in [0.25, 0.3) is 5.91 Å². The molecule has 30 heavy (non-hydrogen) atoms. The van der Waals surface area contributed by atoms with Crippen LogP contribution in [-0.2, 0) is 0 Å². The second-order valence-electron chi connectivity index (χ2n) is 7.76. The maximum Gasteiger partial charge on any atom is 0.255 e. The van der Waals surface area contributed by atoms with E-state index in [1.54, 1.807) is 18.6 Å². The topological polar surface area (TPSA) is 72.1 Å². The molecular weight excluding hydrogens is 372 g/mol. The number of anilines is 1. The first-order valence-electron chi connectivity index (χ1n) is 10.3. The Labute approximate surface area is 177 Å². The number of aryl methyl sites for hydroxylation is 1. The molecule has 1 fully saturated rings. The third-order valence-corrected chi connectivity index (χ3v) is 5.64. The van der Waals surface area contributed by atoms with Gasteiger partial charge in [-0.1, -0.05) is 42.5 Å². The second-order valence-corrected chi connectivity index (χ2v) is 7.76. The third kappa shape index (κ3) is 4.57. The molecule has 3 aromatic rings. The van der Waals surface area contributed by atoms with Crippen LogP contribution in [0.15, 0.2) is 61.1 Å². The molecule has 1 aliphatic heterocycles. The average molecular weight is 399 g/mol. The highest BCUT2D eigenvalue weighted by Gasteiger charge is 2.26. The van der Waals surface area contributed by atoms with Crippen LogP contribution in [0.25, 0.3) is 12.2 Å². The first-order chi connectivity index (χ1) is 14.6. The molecule has 0 unspecified atom stereocenters. The number of carbonyl (C=O) groups is 1. The van der Waals surface area contributed by atoms with E-state index in [1.807, 2.05) is 66.4 Å². The predicted octanol–water partition coefficient (Wildman–Crippen LogP) is 4.56. The van der Waals surface area contributed by atoms with Gasteiger partial charge in [0.1, 0.15) is 0 Å². The number of hydrogen-bond donors (Lipinski definition) is 1. The van der Waals surface area contributed by atoms with E-state index >= 15 is 0 Å². The summed E-state index contributed by atoms with van der Waals surface area (Å²) in [6, 6.07) is 14.0. The molecule has 1 aliphatic rings. The third-order valence-electron chi connectivity index (χ3n) is 5.64. The van der Waals surface area contributed by atoms with Crippen LogP contribution in [0.5, 0.6) is 0 Å². The van der Waals surface area contributed by atoms with Crippen molar-refractivity contribution in [2.24, 2.45) is 0 Å². The molecule has 3 heterocycles.